The number of nitrogens with one attached hydrogen (secondary N) is 1. The van der Waals surface area contributed by atoms with E-state index in [2.05, 4.69) is 18.7 Å². The quantitative estimate of drug-likeness (QED) is 0.563. The first kappa shape index (κ1) is 19.5. The molecule has 5 heteroatoms. The van der Waals surface area contributed by atoms with E-state index in [0.717, 1.165) is 54.7 Å². The zero-order valence-corrected chi connectivity index (χ0v) is 17.6. The second-order valence-electron chi connectivity index (χ2n) is 10.9. The molecule has 2 aliphatic carbocycles. The topological polar surface area (TPSA) is 52.6 Å². The molecule has 0 aromatic heterocycles. The van der Waals surface area contributed by atoms with E-state index in [4.69, 9.17) is 5.21 Å². The van der Waals surface area contributed by atoms with Gasteiger partial charge in [-0.1, -0.05) is 13.8 Å². The smallest absolute Gasteiger partial charge is 0.274 e. The number of carbonyl (C=O) groups is 1. The number of hydrogen-bond donors (Lipinski definition) is 2. The first-order valence-electron chi connectivity index (χ1n) is 11.4. The van der Waals surface area contributed by atoms with Gasteiger partial charge in [-0.25, -0.2) is 9.87 Å². The van der Waals surface area contributed by atoms with Crippen molar-refractivity contribution in [3.05, 3.63) is 34.6 Å². The Morgan fingerprint density at radius 2 is 1.97 bits per heavy atom. The number of benzene rings is 1. The molecule has 4 nitrogen and oxygen atoms in total. The summed E-state index contributed by atoms with van der Waals surface area (Å²) in [5.41, 5.74) is 3.91. The van der Waals surface area contributed by atoms with Crippen LogP contribution in [0.15, 0.2) is 12.1 Å². The van der Waals surface area contributed by atoms with Gasteiger partial charge in [-0.2, -0.15) is 0 Å². The Balaban J connectivity index is 1.39. The summed E-state index contributed by atoms with van der Waals surface area (Å²) >= 11 is 0. The number of fused-ring (bicyclic) bond motifs is 6. The fourth-order valence-electron chi connectivity index (χ4n) is 7.65. The second-order valence-corrected chi connectivity index (χ2v) is 10.9. The molecule has 5 rings (SSSR count). The molecule has 2 aliphatic heterocycles. The SMILES string of the molecule is CC1CC2CC(C1)CC(C)(CN1C3CCC1c1c(F)cc(C(=O)NO)cc1C3)C2. The molecule has 1 amide bonds. The summed E-state index contributed by atoms with van der Waals surface area (Å²) in [4.78, 5) is 14.4. The highest BCUT2D eigenvalue weighted by atomic mass is 19.1. The van der Waals surface area contributed by atoms with E-state index in [1.165, 1.54) is 38.2 Å². The maximum absolute atomic E-state index is 15.1. The molecule has 4 bridgehead atoms. The standard InChI is InChI=1S/C24H33FN2O2/c1-14-5-15-7-16(6-14)12-24(2,11-15)13-27-19-3-4-21(27)22-17(9-19)8-18(10-20(22)25)23(28)26-29/h8,10,14-16,19,21,29H,3-7,9,11-13H2,1-2H3,(H,26,28). The molecule has 4 atom stereocenters. The molecule has 2 N–H and O–H groups in total. The third-order valence-electron chi connectivity index (χ3n) is 8.28. The summed E-state index contributed by atoms with van der Waals surface area (Å²) in [6, 6.07) is 3.64. The number of hydrogen-bond acceptors (Lipinski definition) is 3. The van der Waals surface area contributed by atoms with Crippen molar-refractivity contribution >= 4 is 5.91 Å². The van der Waals surface area contributed by atoms with E-state index in [9.17, 15) is 4.79 Å². The molecule has 3 fully saturated rings. The average molecular weight is 401 g/mol. The summed E-state index contributed by atoms with van der Waals surface area (Å²) in [7, 11) is 0. The highest BCUT2D eigenvalue weighted by Crippen LogP contribution is 2.53. The van der Waals surface area contributed by atoms with Crippen molar-refractivity contribution < 1.29 is 14.4 Å². The Hall–Kier alpha value is -1.46. The fourth-order valence-corrected chi connectivity index (χ4v) is 7.65. The van der Waals surface area contributed by atoms with Crippen LogP contribution in [0.25, 0.3) is 0 Å². The van der Waals surface area contributed by atoms with Gasteiger partial charge in [0.05, 0.1) is 0 Å². The van der Waals surface area contributed by atoms with Gasteiger partial charge in [0.2, 0.25) is 0 Å². The third-order valence-corrected chi connectivity index (χ3v) is 8.28. The van der Waals surface area contributed by atoms with Crippen LogP contribution in [0.1, 0.15) is 86.3 Å². The second kappa shape index (κ2) is 7.05. The van der Waals surface area contributed by atoms with Gasteiger partial charge in [-0.05, 0) is 92.2 Å². The molecule has 1 aromatic rings. The predicted octanol–water partition coefficient (Wildman–Crippen LogP) is 4.86. The maximum atomic E-state index is 15.1. The van der Waals surface area contributed by atoms with E-state index >= 15 is 4.39 Å². The molecular formula is C24H33FN2O2. The van der Waals surface area contributed by atoms with Crippen LogP contribution in [0.4, 0.5) is 4.39 Å². The number of nitrogens with zero attached hydrogens (tertiary/aromatic N) is 1. The largest absolute Gasteiger partial charge is 0.292 e. The third kappa shape index (κ3) is 3.40. The van der Waals surface area contributed by atoms with Crippen LogP contribution in [0.3, 0.4) is 0 Å². The van der Waals surface area contributed by atoms with Crippen LogP contribution in [-0.2, 0) is 6.42 Å². The maximum Gasteiger partial charge on any atom is 0.274 e. The van der Waals surface area contributed by atoms with E-state index < -0.39 is 5.91 Å². The Morgan fingerprint density at radius 1 is 1.24 bits per heavy atom. The summed E-state index contributed by atoms with van der Waals surface area (Å²) in [5, 5.41) is 8.91. The molecule has 4 aliphatic rings. The minimum Gasteiger partial charge on any atom is -0.292 e. The van der Waals surface area contributed by atoms with Crippen LogP contribution < -0.4 is 5.48 Å². The van der Waals surface area contributed by atoms with Gasteiger partial charge in [0.25, 0.3) is 5.91 Å². The fraction of sp³-hybridized carbons (Fsp3) is 0.708. The highest BCUT2D eigenvalue weighted by molar-refractivity contribution is 5.93. The number of rotatable bonds is 3. The van der Waals surface area contributed by atoms with Gasteiger partial charge in [0, 0.05) is 29.8 Å². The molecule has 0 spiro atoms. The summed E-state index contributed by atoms with van der Waals surface area (Å²) in [6.07, 6.45) is 9.71. The van der Waals surface area contributed by atoms with Crippen LogP contribution in [0.5, 0.6) is 0 Å². The minimum atomic E-state index is -0.642. The molecule has 158 valence electrons. The molecule has 0 radical (unpaired) electrons. The first-order valence-corrected chi connectivity index (χ1v) is 11.4. The van der Waals surface area contributed by atoms with Crippen LogP contribution >= 0.6 is 0 Å². The van der Waals surface area contributed by atoms with Crippen molar-refractivity contribution in [3.8, 4) is 0 Å². The van der Waals surface area contributed by atoms with Crippen LogP contribution in [0, 0.1) is 29.0 Å². The molecule has 1 saturated heterocycles. The first-order chi connectivity index (χ1) is 13.8. The normalized spacial score (nSPS) is 38.6. The molecule has 29 heavy (non-hydrogen) atoms. The number of amides is 1. The summed E-state index contributed by atoms with van der Waals surface area (Å²) in [6.45, 7) is 5.96. The lowest BCUT2D eigenvalue weighted by atomic mass is 9.59. The monoisotopic (exact) mass is 400 g/mol. The Labute approximate surface area is 172 Å². The van der Waals surface area contributed by atoms with Crippen LogP contribution in [-0.4, -0.2) is 28.6 Å². The summed E-state index contributed by atoms with van der Waals surface area (Å²) < 4.78 is 15.1. The van der Waals surface area contributed by atoms with Crippen molar-refractivity contribution in [3.63, 3.8) is 0 Å². The lowest BCUT2D eigenvalue weighted by Crippen LogP contribution is -2.47. The Bertz CT molecular complexity index is 807. The summed E-state index contributed by atoms with van der Waals surface area (Å²) in [5.74, 6) is 1.68. The Kier molecular flexibility index (Phi) is 4.74. The average Bonchev–Trinajstić information content (AvgIpc) is 2.90. The van der Waals surface area contributed by atoms with Crippen molar-refractivity contribution in [2.75, 3.05) is 6.54 Å². The number of carbonyl (C=O) groups excluding carboxylic acids is 1. The van der Waals surface area contributed by atoms with Gasteiger partial charge in [0.1, 0.15) is 5.82 Å². The van der Waals surface area contributed by atoms with Gasteiger partial charge < -0.3 is 0 Å². The highest BCUT2D eigenvalue weighted by Gasteiger charge is 2.47. The van der Waals surface area contributed by atoms with Crippen LogP contribution in [0.2, 0.25) is 0 Å². The Morgan fingerprint density at radius 3 is 2.66 bits per heavy atom. The van der Waals surface area contributed by atoms with Gasteiger partial charge in [-0.15, -0.1) is 0 Å². The number of hydroxylamine groups is 1. The van der Waals surface area contributed by atoms with E-state index in [1.54, 1.807) is 11.5 Å². The minimum absolute atomic E-state index is 0.132. The zero-order chi connectivity index (χ0) is 20.3. The van der Waals surface area contributed by atoms with Gasteiger partial charge >= 0.3 is 0 Å². The zero-order valence-electron chi connectivity index (χ0n) is 17.6. The van der Waals surface area contributed by atoms with E-state index in [0.29, 0.717) is 11.5 Å². The molecule has 4 unspecified atom stereocenters. The predicted molar refractivity (Wildman–Crippen MR) is 109 cm³/mol. The van der Waals surface area contributed by atoms with E-state index in [-0.39, 0.29) is 17.4 Å². The molecular weight excluding hydrogens is 367 g/mol. The van der Waals surface area contributed by atoms with Crippen molar-refractivity contribution in [1.29, 1.82) is 0 Å². The van der Waals surface area contributed by atoms with Crippen molar-refractivity contribution in [2.45, 2.75) is 77.3 Å². The molecule has 1 aromatic carbocycles. The van der Waals surface area contributed by atoms with Gasteiger partial charge in [-0.3, -0.25) is 14.9 Å². The lowest BCUT2D eigenvalue weighted by molar-refractivity contribution is 0.00471. The lowest BCUT2D eigenvalue weighted by Gasteiger charge is -2.50. The molecule has 2 heterocycles. The van der Waals surface area contributed by atoms with Gasteiger partial charge in [0.15, 0.2) is 0 Å². The van der Waals surface area contributed by atoms with Crippen molar-refractivity contribution in [1.82, 2.24) is 10.4 Å². The van der Waals surface area contributed by atoms with E-state index in [1.807, 2.05) is 0 Å². The number of halogens is 1. The molecule has 2 saturated carbocycles. The van der Waals surface area contributed by atoms with Crippen molar-refractivity contribution in [2.24, 2.45) is 23.2 Å².